The van der Waals surface area contributed by atoms with Crippen molar-refractivity contribution in [1.29, 1.82) is 0 Å². The highest BCUT2D eigenvalue weighted by molar-refractivity contribution is 14.0. The summed E-state index contributed by atoms with van der Waals surface area (Å²) < 4.78 is 12.8. The lowest BCUT2D eigenvalue weighted by Gasteiger charge is -2.12. The molecule has 1 amide bonds. The molecule has 0 aliphatic heterocycles. The summed E-state index contributed by atoms with van der Waals surface area (Å²) in [5, 5.41) is 8.76. The van der Waals surface area contributed by atoms with Crippen LogP contribution in [0.2, 0.25) is 0 Å². The molecule has 0 aliphatic rings. The normalized spacial score (nSPS) is 10.5. The maximum atomic E-state index is 12.8. The Kier molecular flexibility index (Phi) is 8.77. The first kappa shape index (κ1) is 19.9. The molecular formula is C17H20FIN4O. The zero-order chi connectivity index (χ0) is 16.5. The van der Waals surface area contributed by atoms with Crippen LogP contribution in [0.1, 0.15) is 5.56 Å². The smallest absolute Gasteiger partial charge is 0.243 e. The topological polar surface area (TPSA) is 65.5 Å². The molecule has 0 fully saturated rings. The first-order valence-electron chi connectivity index (χ1n) is 7.21. The molecule has 24 heavy (non-hydrogen) atoms. The van der Waals surface area contributed by atoms with Gasteiger partial charge in [-0.15, -0.1) is 24.0 Å². The average molecular weight is 442 g/mol. The number of carbonyl (C=O) groups excluding carboxylic acids is 1. The van der Waals surface area contributed by atoms with E-state index in [1.807, 2.05) is 30.3 Å². The monoisotopic (exact) mass is 442 g/mol. The quantitative estimate of drug-likeness (QED) is 0.379. The van der Waals surface area contributed by atoms with Crippen molar-refractivity contribution in [3.05, 3.63) is 66.0 Å². The minimum absolute atomic E-state index is 0. The number of hydrogen-bond acceptors (Lipinski definition) is 2. The van der Waals surface area contributed by atoms with E-state index >= 15 is 0 Å². The molecule has 0 heterocycles. The highest BCUT2D eigenvalue weighted by atomic mass is 127. The number of anilines is 1. The summed E-state index contributed by atoms with van der Waals surface area (Å²) in [6, 6.07) is 15.4. The minimum Gasteiger partial charge on any atom is -0.352 e. The number of guanidine groups is 1. The third-order valence-electron chi connectivity index (χ3n) is 3.07. The lowest BCUT2D eigenvalue weighted by molar-refractivity contribution is -0.115. The Morgan fingerprint density at radius 3 is 2.33 bits per heavy atom. The minimum atomic E-state index is -0.270. The van der Waals surface area contributed by atoms with Crippen molar-refractivity contribution < 1.29 is 9.18 Å². The van der Waals surface area contributed by atoms with Gasteiger partial charge in [-0.1, -0.05) is 30.3 Å². The fourth-order valence-corrected chi connectivity index (χ4v) is 1.90. The van der Waals surface area contributed by atoms with Crippen LogP contribution in [-0.2, 0) is 11.3 Å². The van der Waals surface area contributed by atoms with Crippen LogP contribution >= 0.6 is 24.0 Å². The van der Waals surface area contributed by atoms with Gasteiger partial charge in [0.1, 0.15) is 5.82 Å². The number of hydrogen-bond donors (Lipinski definition) is 3. The number of aliphatic imine (C=N–C) groups is 1. The number of nitrogens with one attached hydrogen (secondary N) is 3. The SMILES string of the molecule is CN=C(NCC(=O)Nc1ccccc1)NCc1ccc(F)cc1.I. The average Bonchev–Trinajstić information content (AvgIpc) is 2.57. The molecule has 2 rings (SSSR count). The lowest BCUT2D eigenvalue weighted by atomic mass is 10.2. The van der Waals surface area contributed by atoms with Crippen molar-refractivity contribution in [1.82, 2.24) is 10.6 Å². The van der Waals surface area contributed by atoms with E-state index in [1.165, 1.54) is 12.1 Å². The molecule has 128 valence electrons. The summed E-state index contributed by atoms with van der Waals surface area (Å²) in [6.45, 7) is 0.582. The Hall–Kier alpha value is -2.16. The highest BCUT2D eigenvalue weighted by Gasteiger charge is 2.04. The van der Waals surface area contributed by atoms with Crippen molar-refractivity contribution in [2.24, 2.45) is 4.99 Å². The van der Waals surface area contributed by atoms with Gasteiger partial charge >= 0.3 is 0 Å². The fraction of sp³-hybridized carbons (Fsp3) is 0.176. The Morgan fingerprint density at radius 1 is 1.04 bits per heavy atom. The summed E-state index contributed by atoms with van der Waals surface area (Å²) >= 11 is 0. The Labute approximate surface area is 157 Å². The first-order valence-corrected chi connectivity index (χ1v) is 7.21. The summed E-state index contributed by atoms with van der Waals surface area (Å²) in [5.74, 6) is 0.0623. The van der Waals surface area contributed by atoms with E-state index in [2.05, 4.69) is 20.9 Å². The molecule has 0 unspecified atom stereocenters. The Morgan fingerprint density at radius 2 is 1.71 bits per heavy atom. The van der Waals surface area contributed by atoms with Crippen LogP contribution < -0.4 is 16.0 Å². The van der Waals surface area contributed by atoms with Crippen molar-refractivity contribution in [3.63, 3.8) is 0 Å². The molecule has 0 radical (unpaired) electrons. The predicted octanol–water partition coefficient (Wildman–Crippen LogP) is 2.75. The number of halogens is 2. The van der Waals surface area contributed by atoms with Gasteiger partial charge in [-0.3, -0.25) is 9.79 Å². The maximum absolute atomic E-state index is 12.8. The van der Waals surface area contributed by atoms with Crippen molar-refractivity contribution in [2.75, 3.05) is 18.9 Å². The number of para-hydroxylation sites is 1. The third-order valence-corrected chi connectivity index (χ3v) is 3.07. The second-order valence-electron chi connectivity index (χ2n) is 4.82. The maximum Gasteiger partial charge on any atom is 0.243 e. The van der Waals surface area contributed by atoms with Gasteiger partial charge in [0.25, 0.3) is 0 Å². The lowest BCUT2D eigenvalue weighted by Crippen LogP contribution is -2.41. The Bertz CT molecular complexity index is 662. The van der Waals surface area contributed by atoms with Crippen LogP contribution in [0.25, 0.3) is 0 Å². The summed E-state index contributed by atoms with van der Waals surface area (Å²) in [4.78, 5) is 15.9. The van der Waals surface area contributed by atoms with Crippen LogP contribution in [0.4, 0.5) is 10.1 Å². The number of nitrogens with zero attached hydrogens (tertiary/aromatic N) is 1. The van der Waals surface area contributed by atoms with E-state index in [9.17, 15) is 9.18 Å². The number of rotatable bonds is 5. The van der Waals surface area contributed by atoms with Gasteiger partial charge < -0.3 is 16.0 Å². The van der Waals surface area contributed by atoms with Crippen molar-refractivity contribution in [2.45, 2.75) is 6.54 Å². The fourth-order valence-electron chi connectivity index (χ4n) is 1.90. The third kappa shape index (κ3) is 6.95. The van der Waals surface area contributed by atoms with Gasteiger partial charge in [0.2, 0.25) is 5.91 Å². The largest absolute Gasteiger partial charge is 0.352 e. The van der Waals surface area contributed by atoms with Gasteiger partial charge in [0.05, 0.1) is 6.54 Å². The predicted molar refractivity (Wildman–Crippen MR) is 105 cm³/mol. The summed E-state index contributed by atoms with van der Waals surface area (Å²) in [5.41, 5.74) is 1.66. The van der Waals surface area contributed by atoms with E-state index in [1.54, 1.807) is 19.2 Å². The van der Waals surface area contributed by atoms with Crippen LogP contribution in [0, 0.1) is 5.82 Å². The van der Waals surface area contributed by atoms with E-state index in [0.717, 1.165) is 11.3 Å². The second-order valence-corrected chi connectivity index (χ2v) is 4.82. The summed E-state index contributed by atoms with van der Waals surface area (Å²) in [6.07, 6.45) is 0. The molecule has 0 spiro atoms. The van der Waals surface area contributed by atoms with E-state index in [4.69, 9.17) is 0 Å². The van der Waals surface area contributed by atoms with Crippen LogP contribution in [0.3, 0.4) is 0 Å². The molecule has 0 bridgehead atoms. The zero-order valence-corrected chi connectivity index (χ0v) is 15.6. The molecule has 0 aromatic heterocycles. The molecule has 7 heteroatoms. The molecule has 0 atom stereocenters. The van der Waals surface area contributed by atoms with Crippen molar-refractivity contribution >= 4 is 41.5 Å². The van der Waals surface area contributed by atoms with Gasteiger partial charge in [-0.05, 0) is 29.8 Å². The molecule has 0 aliphatic carbocycles. The molecule has 2 aromatic rings. The van der Waals surface area contributed by atoms with Gasteiger partial charge in [-0.2, -0.15) is 0 Å². The zero-order valence-electron chi connectivity index (χ0n) is 13.3. The molecule has 3 N–H and O–H groups in total. The molecule has 0 saturated heterocycles. The molecule has 2 aromatic carbocycles. The molecule has 0 saturated carbocycles. The van der Waals surface area contributed by atoms with Crippen LogP contribution in [0.5, 0.6) is 0 Å². The highest BCUT2D eigenvalue weighted by Crippen LogP contribution is 2.04. The standard InChI is InChI=1S/C17H19FN4O.HI/c1-19-17(20-11-13-7-9-14(18)10-8-13)21-12-16(23)22-15-5-3-2-4-6-15;/h2-10H,11-12H2,1H3,(H,22,23)(H2,19,20,21);1H. The van der Waals surface area contributed by atoms with E-state index in [0.29, 0.717) is 12.5 Å². The van der Waals surface area contributed by atoms with Crippen LogP contribution in [-0.4, -0.2) is 25.5 Å². The van der Waals surface area contributed by atoms with Crippen molar-refractivity contribution in [3.8, 4) is 0 Å². The van der Waals surface area contributed by atoms with E-state index in [-0.39, 0.29) is 42.2 Å². The van der Waals surface area contributed by atoms with Gasteiger partial charge in [-0.25, -0.2) is 4.39 Å². The van der Waals surface area contributed by atoms with Crippen LogP contribution in [0.15, 0.2) is 59.6 Å². The second kappa shape index (κ2) is 10.6. The molecular weight excluding hydrogens is 422 g/mol. The van der Waals surface area contributed by atoms with E-state index < -0.39 is 0 Å². The first-order chi connectivity index (χ1) is 11.2. The molecule has 5 nitrogen and oxygen atoms in total. The number of benzene rings is 2. The number of carbonyl (C=O) groups is 1. The Balaban J connectivity index is 0.00000288. The van der Waals surface area contributed by atoms with Gasteiger partial charge in [0.15, 0.2) is 5.96 Å². The summed E-state index contributed by atoms with van der Waals surface area (Å²) in [7, 11) is 1.62. The number of amides is 1. The van der Waals surface area contributed by atoms with Gasteiger partial charge in [0, 0.05) is 19.3 Å².